The van der Waals surface area contributed by atoms with Crippen molar-refractivity contribution < 1.29 is 0 Å². The zero-order chi connectivity index (χ0) is 17.1. The number of nitrogens with one attached hydrogen (secondary N) is 1. The van der Waals surface area contributed by atoms with E-state index in [-0.39, 0.29) is 0 Å². The molecule has 4 rings (SSSR count). The Morgan fingerprint density at radius 2 is 2.00 bits per heavy atom. The highest BCUT2D eigenvalue weighted by molar-refractivity contribution is 7.12. The molecule has 25 heavy (non-hydrogen) atoms. The maximum atomic E-state index is 6.18. The molecular formula is C21H27N3S. The van der Waals surface area contributed by atoms with Crippen LogP contribution in [0.3, 0.4) is 0 Å². The van der Waals surface area contributed by atoms with Crippen LogP contribution in [0.2, 0.25) is 0 Å². The lowest BCUT2D eigenvalue weighted by Crippen LogP contribution is -2.31. The van der Waals surface area contributed by atoms with Gasteiger partial charge in [0.05, 0.1) is 10.6 Å². The van der Waals surface area contributed by atoms with Crippen LogP contribution in [0.5, 0.6) is 0 Å². The van der Waals surface area contributed by atoms with Crippen LogP contribution in [0, 0.1) is 5.92 Å². The molecule has 0 radical (unpaired) electrons. The lowest BCUT2D eigenvalue weighted by atomic mass is 9.77. The van der Waals surface area contributed by atoms with Gasteiger partial charge in [-0.1, -0.05) is 18.6 Å². The number of hydrogen-bond donors (Lipinski definition) is 2. The topological polar surface area (TPSA) is 50.4 Å². The molecule has 1 aromatic heterocycles. The molecule has 132 valence electrons. The number of rotatable bonds is 3. The van der Waals surface area contributed by atoms with Crippen LogP contribution in [-0.4, -0.2) is 18.9 Å². The molecule has 1 fully saturated rings. The van der Waals surface area contributed by atoms with Crippen molar-refractivity contribution in [2.45, 2.75) is 44.4 Å². The summed E-state index contributed by atoms with van der Waals surface area (Å²) in [5.41, 5.74) is 10.3. The third kappa shape index (κ3) is 3.80. The van der Waals surface area contributed by atoms with Gasteiger partial charge in [-0.05, 0) is 91.7 Å². The molecule has 2 aliphatic rings. The summed E-state index contributed by atoms with van der Waals surface area (Å²) in [5, 5.41) is 5.55. The number of thiophene rings is 1. The van der Waals surface area contributed by atoms with Crippen molar-refractivity contribution in [3.05, 3.63) is 51.7 Å². The Labute approximate surface area is 154 Å². The first-order valence-corrected chi connectivity index (χ1v) is 10.4. The SMILES string of the molecule is NC(=Nc1ccc2c(c1)CCCCC2C1CCNCC1)c1cccs1. The molecule has 0 spiro atoms. The van der Waals surface area contributed by atoms with Gasteiger partial charge in [0.15, 0.2) is 0 Å². The van der Waals surface area contributed by atoms with E-state index in [0.717, 1.165) is 22.4 Å². The number of nitrogens with zero attached hydrogens (tertiary/aromatic N) is 1. The van der Waals surface area contributed by atoms with Crippen molar-refractivity contribution >= 4 is 22.9 Å². The molecule has 2 aromatic rings. The summed E-state index contributed by atoms with van der Waals surface area (Å²) in [5.74, 6) is 2.19. The molecule has 4 heteroatoms. The molecule has 1 aliphatic heterocycles. The summed E-state index contributed by atoms with van der Waals surface area (Å²) in [6.45, 7) is 2.35. The lowest BCUT2D eigenvalue weighted by molar-refractivity contribution is 0.305. The zero-order valence-corrected chi connectivity index (χ0v) is 15.5. The fourth-order valence-electron chi connectivity index (χ4n) is 4.43. The molecule has 0 amide bonds. The number of fused-ring (bicyclic) bond motifs is 1. The second-order valence-electron chi connectivity index (χ2n) is 7.30. The van der Waals surface area contributed by atoms with Crippen LogP contribution < -0.4 is 11.1 Å². The Kier molecular flexibility index (Phi) is 5.18. The smallest absolute Gasteiger partial charge is 0.141 e. The van der Waals surface area contributed by atoms with Gasteiger partial charge in [0.2, 0.25) is 0 Å². The van der Waals surface area contributed by atoms with E-state index in [2.05, 4.69) is 28.5 Å². The largest absolute Gasteiger partial charge is 0.383 e. The number of piperidine rings is 1. The molecule has 1 unspecified atom stereocenters. The lowest BCUT2D eigenvalue weighted by Gasteiger charge is -2.31. The van der Waals surface area contributed by atoms with E-state index in [4.69, 9.17) is 5.73 Å². The molecule has 2 heterocycles. The van der Waals surface area contributed by atoms with Crippen LogP contribution in [-0.2, 0) is 6.42 Å². The minimum absolute atomic E-state index is 0.624. The average Bonchev–Trinajstić information content (AvgIpc) is 3.10. The zero-order valence-electron chi connectivity index (χ0n) is 14.7. The van der Waals surface area contributed by atoms with Crippen molar-refractivity contribution in [2.24, 2.45) is 16.6 Å². The van der Waals surface area contributed by atoms with Gasteiger partial charge in [0, 0.05) is 0 Å². The van der Waals surface area contributed by atoms with Crippen LogP contribution in [0.4, 0.5) is 5.69 Å². The number of aliphatic imine (C=N–C) groups is 1. The predicted molar refractivity (Wildman–Crippen MR) is 107 cm³/mol. The third-order valence-electron chi connectivity index (χ3n) is 5.71. The number of nitrogens with two attached hydrogens (primary N) is 1. The number of benzene rings is 1. The maximum Gasteiger partial charge on any atom is 0.141 e. The monoisotopic (exact) mass is 353 g/mol. The fourth-order valence-corrected chi connectivity index (χ4v) is 5.06. The van der Waals surface area contributed by atoms with Gasteiger partial charge in [-0.15, -0.1) is 11.3 Å². The van der Waals surface area contributed by atoms with Crippen LogP contribution in [0.25, 0.3) is 0 Å². The van der Waals surface area contributed by atoms with Crippen LogP contribution >= 0.6 is 11.3 Å². The van der Waals surface area contributed by atoms with Gasteiger partial charge in [-0.3, -0.25) is 0 Å². The van der Waals surface area contributed by atoms with Crippen molar-refractivity contribution in [3.8, 4) is 0 Å². The molecule has 0 bridgehead atoms. The molecule has 1 saturated heterocycles. The quantitative estimate of drug-likeness (QED) is 0.481. The fraction of sp³-hybridized carbons (Fsp3) is 0.476. The first-order chi connectivity index (χ1) is 12.3. The summed E-state index contributed by atoms with van der Waals surface area (Å²) in [4.78, 5) is 5.72. The van der Waals surface area contributed by atoms with Gasteiger partial charge in [-0.25, -0.2) is 4.99 Å². The van der Waals surface area contributed by atoms with E-state index < -0.39 is 0 Å². The van der Waals surface area contributed by atoms with E-state index in [1.807, 2.05) is 17.5 Å². The minimum Gasteiger partial charge on any atom is -0.383 e. The van der Waals surface area contributed by atoms with Gasteiger partial charge in [0.25, 0.3) is 0 Å². The first kappa shape index (κ1) is 16.8. The number of amidine groups is 1. The standard InChI is InChI=1S/C21H27N3S/c22-21(20-6-3-13-25-20)24-17-7-8-19-16(14-17)4-1-2-5-18(19)15-9-11-23-12-10-15/h3,6-8,13-15,18,23H,1-2,4-5,9-12H2,(H2,22,24). The molecule has 1 aromatic carbocycles. The molecule has 3 N–H and O–H groups in total. The van der Waals surface area contributed by atoms with Gasteiger partial charge < -0.3 is 11.1 Å². The van der Waals surface area contributed by atoms with E-state index >= 15 is 0 Å². The third-order valence-corrected chi connectivity index (χ3v) is 6.61. The predicted octanol–water partition coefficient (Wildman–Crippen LogP) is 4.59. The Balaban J connectivity index is 1.62. The average molecular weight is 354 g/mol. The second-order valence-corrected chi connectivity index (χ2v) is 8.24. The molecule has 1 atom stereocenters. The van der Waals surface area contributed by atoms with Crippen LogP contribution in [0.15, 0.2) is 40.7 Å². The van der Waals surface area contributed by atoms with E-state index in [1.165, 1.54) is 57.2 Å². The summed E-state index contributed by atoms with van der Waals surface area (Å²) in [6.07, 6.45) is 7.79. The molecular weight excluding hydrogens is 326 g/mol. The first-order valence-electron chi connectivity index (χ1n) is 9.53. The number of hydrogen-bond acceptors (Lipinski definition) is 3. The summed E-state index contributed by atoms with van der Waals surface area (Å²) in [6, 6.07) is 10.8. The summed E-state index contributed by atoms with van der Waals surface area (Å²) < 4.78 is 0. The van der Waals surface area contributed by atoms with E-state index in [1.54, 1.807) is 16.9 Å². The van der Waals surface area contributed by atoms with Gasteiger partial charge in [-0.2, -0.15) is 0 Å². The highest BCUT2D eigenvalue weighted by atomic mass is 32.1. The van der Waals surface area contributed by atoms with Crippen LogP contribution in [0.1, 0.15) is 54.0 Å². The van der Waals surface area contributed by atoms with E-state index in [9.17, 15) is 0 Å². The highest BCUT2D eigenvalue weighted by Gasteiger charge is 2.27. The van der Waals surface area contributed by atoms with Gasteiger partial charge >= 0.3 is 0 Å². The van der Waals surface area contributed by atoms with E-state index in [0.29, 0.717) is 5.84 Å². The van der Waals surface area contributed by atoms with Crippen molar-refractivity contribution in [2.75, 3.05) is 13.1 Å². The Hall–Kier alpha value is -1.65. The minimum atomic E-state index is 0.624. The molecule has 0 saturated carbocycles. The molecule has 3 nitrogen and oxygen atoms in total. The number of aryl methyl sites for hydroxylation is 1. The highest BCUT2D eigenvalue weighted by Crippen LogP contribution is 2.40. The Bertz CT molecular complexity index is 730. The Morgan fingerprint density at radius 3 is 2.80 bits per heavy atom. The second kappa shape index (κ2) is 7.71. The Morgan fingerprint density at radius 1 is 1.12 bits per heavy atom. The van der Waals surface area contributed by atoms with Gasteiger partial charge in [0.1, 0.15) is 5.84 Å². The summed E-state index contributed by atoms with van der Waals surface area (Å²) >= 11 is 1.64. The maximum absolute atomic E-state index is 6.18. The normalized spacial score (nSPS) is 22.4. The van der Waals surface area contributed by atoms with Crippen molar-refractivity contribution in [1.82, 2.24) is 5.32 Å². The van der Waals surface area contributed by atoms with Crippen molar-refractivity contribution in [3.63, 3.8) is 0 Å². The summed E-state index contributed by atoms with van der Waals surface area (Å²) in [7, 11) is 0. The molecule has 1 aliphatic carbocycles. The van der Waals surface area contributed by atoms with Crippen molar-refractivity contribution in [1.29, 1.82) is 0 Å².